The van der Waals surface area contributed by atoms with Gasteiger partial charge in [0.2, 0.25) is 0 Å². The molecule has 1 amide bonds. The molecule has 0 bridgehead atoms. The van der Waals surface area contributed by atoms with Crippen LogP contribution in [0.25, 0.3) is 0 Å². The Hall–Kier alpha value is -2.04. The van der Waals surface area contributed by atoms with Gasteiger partial charge in [-0.3, -0.25) is 0 Å². The quantitative estimate of drug-likeness (QED) is 0.813. The Kier molecular flexibility index (Phi) is 6.03. The zero-order chi connectivity index (χ0) is 15.0. The number of amides is 1. The van der Waals surface area contributed by atoms with Gasteiger partial charge in [-0.2, -0.15) is 0 Å². The molecule has 0 radical (unpaired) electrons. The summed E-state index contributed by atoms with van der Waals surface area (Å²) < 4.78 is 9.83. The molecule has 20 heavy (non-hydrogen) atoms. The minimum Gasteiger partial charge on any atom is -0.467 e. The maximum Gasteiger partial charge on any atom is 0.408 e. The van der Waals surface area contributed by atoms with E-state index in [0.29, 0.717) is 6.42 Å². The van der Waals surface area contributed by atoms with E-state index in [-0.39, 0.29) is 6.61 Å². The van der Waals surface area contributed by atoms with Gasteiger partial charge >= 0.3 is 12.1 Å². The summed E-state index contributed by atoms with van der Waals surface area (Å²) in [5.74, 6) is -0.476. The van der Waals surface area contributed by atoms with Gasteiger partial charge in [0.05, 0.1) is 7.11 Å². The molecule has 0 saturated carbocycles. The van der Waals surface area contributed by atoms with Crippen molar-refractivity contribution in [2.75, 3.05) is 7.11 Å². The lowest BCUT2D eigenvalue weighted by Gasteiger charge is -2.26. The van der Waals surface area contributed by atoms with Gasteiger partial charge in [-0.05, 0) is 18.9 Å². The highest BCUT2D eigenvalue weighted by Crippen LogP contribution is 2.14. The van der Waals surface area contributed by atoms with Crippen LogP contribution in [0.5, 0.6) is 0 Å². The maximum absolute atomic E-state index is 11.8. The second kappa shape index (κ2) is 7.53. The third-order valence-electron chi connectivity index (χ3n) is 2.98. The molecule has 1 rings (SSSR count). The lowest BCUT2D eigenvalue weighted by Crippen LogP contribution is -2.52. The van der Waals surface area contributed by atoms with Crippen molar-refractivity contribution in [1.82, 2.24) is 5.32 Å². The lowest BCUT2D eigenvalue weighted by molar-refractivity contribution is -0.148. The predicted molar refractivity (Wildman–Crippen MR) is 75.1 cm³/mol. The second-order valence-electron chi connectivity index (χ2n) is 4.76. The van der Waals surface area contributed by atoms with Gasteiger partial charge in [0.15, 0.2) is 0 Å². The summed E-state index contributed by atoms with van der Waals surface area (Å²) in [7, 11) is 1.30. The number of rotatable bonds is 6. The molecule has 1 unspecified atom stereocenters. The van der Waals surface area contributed by atoms with Gasteiger partial charge in [0, 0.05) is 0 Å². The highest BCUT2D eigenvalue weighted by molar-refractivity contribution is 5.85. The van der Waals surface area contributed by atoms with E-state index < -0.39 is 17.6 Å². The van der Waals surface area contributed by atoms with Gasteiger partial charge in [-0.25, -0.2) is 9.59 Å². The van der Waals surface area contributed by atoms with E-state index in [4.69, 9.17) is 9.47 Å². The molecular formula is C15H21NO4. The van der Waals surface area contributed by atoms with Crippen LogP contribution in [0.1, 0.15) is 32.3 Å². The van der Waals surface area contributed by atoms with Crippen LogP contribution < -0.4 is 5.32 Å². The molecule has 1 atom stereocenters. The summed E-state index contributed by atoms with van der Waals surface area (Å²) >= 11 is 0. The maximum atomic E-state index is 11.8. The highest BCUT2D eigenvalue weighted by Gasteiger charge is 2.35. The first-order valence-corrected chi connectivity index (χ1v) is 6.59. The summed E-state index contributed by atoms with van der Waals surface area (Å²) in [5.41, 5.74) is -0.171. The topological polar surface area (TPSA) is 64.6 Å². The third kappa shape index (κ3) is 4.57. The van der Waals surface area contributed by atoms with Crippen molar-refractivity contribution in [1.29, 1.82) is 0 Å². The first kappa shape index (κ1) is 16.0. The van der Waals surface area contributed by atoms with E-state index in [1.807, 2.05) is 37.3 Å². The van der Waals surface area contributed by atoms with Crippen molar-refractivity contribution in [3.8, 4) is 0 Å². The highest BCUT2D eigenvalue weighted by atomic mass is 16.6. The molecule has 1 N–H and O–H groups in total. The third-order valence-corrected chi connectivity index (χ3v) is 2.98. The van der Waals surface area contributed by atoms with Crippen molar-refractivity contribution in [2.45, 2.75) is 38.8 Å². The van der Waals surface area contributed by atoms with Crippen LogP contribution >= 0.6 is 0 Å². The molecular weight excluding hydrogens is 258 g/mol. The Balaban J connectivity index is 2.56. The molecule has 1 aromatic rings. The number of benzene rings is 1. The van der Waals surface area contributed by atoms with Gasteiger partial charge in [-0.1, -0.05) is 43.7 Å². The number of hydrogen-bond acceptors (Lipinski definition) is 4. The summed E-state index contributed by atoms with van der Waals surface area (Å²) in [6.07, 6.45) is 0.597. The molecule has 5 nitrogen and oxygen atoms in total. The predicted octanol–water partition coefficient (Wildman–Crippen LogP) is 2.64. The number of nitrogens with one attached hydrogen (secondary N) is 1. The average Bonchev–Trinajstić information content (AvgIpc) is 2.45. The molecule has 0 aliphatic heterocycles. The van der Waals surface area contributed by atoms with Gasteiger partial charge in [-0.15, -0.1) is 0 Å². The smallest absolute Gasteiger partial charge is 0.408 e. The van der Waals surface area contributed by atoms with Crippen molar-refractivity contribution >= 4 is 12.1 Å². The number of carbonyl (C=O) groups is 2. The standard InChI is InChI=1S/C15H21NO4/c1-4-10-15(2,13(17)19-3)16-14(18)20-11-12-8-6-5-7-9-12/h5-9H,4,10-11H2,1-3H3,(H,16,18). The van der Waals surface area contributed by atoms with E-state index in [9.17, 15) is 9.59 Å². The minimum absolute atomic E-state index is 0.163. The number of alkyl carbamates (subject to hydrolysis) is 1. The summed E-state index contributed by atoms with van der Waals surface area (Å²) in [6, 6.07) is 9.34. The van der Waals surface area contributed by atoms with Gasteiger partial charge in [0.1, 0.15) is 12.1 Å². The number of hydrogen-bond donors (Lipinski definition) is 1. The second-order valence-corrected chi connectivity index (χ2v) is 4.76. The number of methoxy groups -OCH3 is 1. The first-order chi connectivity index (χ1) is 9.51. The van der Waals surface area contributed by atoms with E-state index >= 15 is 0 Å². The van der Waals surface area contributed by atoms with E-state index in [2.05, 4.69) is 5.32 Å². The molecule has 0 fully saturated rings. The molecule has 0 aliphatic rings. The molecule has 1 aromatic carbocycles. The van der Waals surface area contributed by atoms with Gasteiger partial charge < -0.3 is 14.8 Å². The summed E-state index contributed by atoms with van der Waals surface area (Å²) in [4.78, 5) is 23.5. The Morgan fingerprint density at radius 3 is 2.45 bits per heavy atom. The van der Waals surface area contributed by atoms with Crippen molar-refractivity contribution < 1.29 is 19.1 Å². The van der Waals surface area contributed by atoms with Crippen LogP contribution in [0.2, 0.25) is 0 Å². The number of carbonyl (C=O) groups excluding carboxylic acids is 2. The first-order valence-electron chi connectivity index (χ1n) is 6.59. The Morgan fingerprint density at radius 1 is 1.25 bits per heavy atom. The lowest BCUT2D eigenvalue weighted by atomic mass is 9.96. The molecule has 110 valence electrons. The minimum atomic E-state index is -1.06. The molecule has 0 aromatic heterocycles. The SMILES string of the molecule is CCCC(C)(NC(=O)OCc1ccccc1)C(=O)OC. The van der Waals surface area contributed by atoms with E-state index in [0.717, 1.165) is 12.0 Å². The zero-order valence-electron chi connectivity index (χ0n) is 12.1. The monoisotopic (exact) mass is 279 g/mol. The Bertz CT molecular complexity index is 446. The van der Waals surface area contributed by atoms with Gasteiger partial charge in [0.25, 0.3) is 0 Å². The van der Waals surface area contributed by atoms with E-state index in [1.54, 1.807) is 6.92 Å². The Labute approximate surface area is 119 Å². The van der Waals surface area contributed by atoms with Crippen molar-refractivity contribution in [3.05, 3.63) is 35.9 Å². The molecule has 0 aliphatic carbocycles. The summed E-state index contributed by atoms with van der Waals surface area (Å²) in [5, 5.41) is 2.58. The average molecular weight is 279 g/mol. The van der Waals surface area contributed by atoms with Crippen molar-refractivity contribution in [3.63, 3.8) is 0 Å². The molecule has 0 saturated heterocycles. The summed E-state index contributed by atoms with van der Waals surface area (Å²) in [6.45, 7) is 3.72. The molecule has 0 spiro atoms. The zero-order valence-corrected chi connectivity index (χ0v) is 12.1. The number of esters is 1. The fourth-order valence-corrected chi connectivity index (χ4v) is 1.93. The van der Waals surface area contributed by atoms with Crippen LogP contribution in [0, 0.1) is 0 Å². The van der Waals surface area contributed by atoms with Crippen molar-refractivity contribution in [2.24, 2.45) is 0 Å². The molecule has 0 heterocycles. The van der Waals surface area contributed by atoms with Crippen LogP contribution in [-0.2, 0) is 20.9 Å². The largest absolute Gasteiger partial charge is 0.467 e. The van der Waals surface area contributed by atoms with E-state index in [1.165, 1.54) is 7.11 Å². The molecule has 5 heteroatoms. The van der Waals surface area contributed by atoms with Crippen LogP contribution in [0.3, 0.4) is 0 Å². The number of ether oxygens (including phenoxy) is 2. The fourth-order valence-electron chi connectivity index (χ4n) is 1.93. The van der Waals surface area contributed by atoms with Crippen LogP contribution in [0.15, 0.2) is 30.3 Å². The normalized spacial score (nSPS) is 13.2. The van der Waals surface area contributed by atoms with Crippen LogP contribution in [-0.4, -0.2) is 24.7 Å². The van der Waals surface area contributed by atoms with Crippen LogP contribution in [0.4, 0.5) is 4.79 Å². The fraction of sp³-hybridized carbons (Fsp3) is 0.467. The Morgan fingerprint density at radius 2 is 1.90 bits per heavy atom.